The zero-order valence-corrected chi connectivity index (χ0v) is 13.1. The van der Waals surface area contributed by atoms with Gasteiger partial charge in [-0.2, -0.15) is 0 Å². The third-order valence-corrected chi connectivity index (χ3v) is 3.98. The summed E-state index contributed by atoms with van der Waals surface area (Å²) in [5, 5.41) is 6.10. The van der Waals surface area contributed by atoms with Gasteiger partial charge in [0.2, 0.25) is 0 Å². The summed E-state index contributed by atoms with van der Waals surface area (Å²) in [5.41, 5.74) is 1.88. The summed E-state index contributed by atoms with van der Waals surface area (Å²) < 4.78 is 15.9. The van der Waals surface area contributed by atoms with Gasteiger partial charge in [-0.15, -0.1) is 11.3 Å². The molecule has 1 aromatic carbocycles. The average molecular weight is 316 g/mol. The molecule has 0 bridgehead atoms. The molecule has 0 aliphatic rings. The van der Waals surface area contributed by atoms with E-state index in [-0.39, 0.29) is 0 Å². The normalized spacial score (nSPS) is 10.5. The van der Waals surface area contributed by atoms with Gasteiger partial charge in [-0.1, -0.05) is 0 Å². The number of benzene rings is 1. The fraction of sp³-hybridized carbons (Fsp3) is 0.188. The molecule has 0 unspecified atom stereocenters. The summed E-state index contributed by atoms with van der Waals surface area (Å²) in [7, 11) is 3.25. The Hall–Kier alpha value is -2.47. The van der Waals surface area contributed by atoms with Crippen LogP contribution >= 0.6 is 11.3 Å². The van der Waals surface area contributed by atoms with E-state index in [0.29, 0.717) is 18.0 Å². The summed E-state index contributed by atoms with van der Waals surface area (Å²) in [6, 6.07) is 9.56. The summed E-state index contributed by atoms with van der Waals surface area (Å²) >= 11 is 1.55. The number of nitrogens with one attached hydrogen (secondary N) is 1. The molecule has 2 aromatic heterocycles. The topological polar surface area (TPSA) is 56.5 Å². The Morgan fingerprint density at radius 3 is 2.77 bits per heavy atom. The molecule has 0 saturated carbocycles. The maximum absolute atomic E-state index is 5.32. The number of anilines is 1. The van der Waals surface area contributed by atoms with Crippen molar-refractivity contribution in [2.75, 3.05) is 19.5 Å². The number of thiazole rings is 1. The Morgan fingerprint density at radius 2 is 2.05 bits per heavy atom. The van der Waals surface area contributed by atoms with Gasteiger partial charge < -0.3 is 19.2 Å². The van der Waals surface area contributed by atoms with Gasteiger partial charge in [-0.05, 0) is 30.3 Å². The van der Waals surface area contributed by atoms with Gasteiger partial charge in [0.1, 0.15) is 5.76 Å². The number of hydrogen-bond acceptors (Lipinski definition) is 6. The first kappa shape index (κ1) is 14.5. The minimum Gasteiger partial charge on any atom is -0.493 e. The SMILES string of the molecule is COc1ccc(-c2csc(NCc3ccco3)n2)cc1OC. The van der Waals surface area contributed by atoms with Crippen molar-refractivity contribution in [3.05, 3.63) is 47.7 Å². The molecule has 3 aromatic rings. The molecule has 0 saturated heterocycles. The first-order valence-corrected chi connectivity index (χ1v) is 7.62. The number of nitrogens with zero attached hydrogens (tertiary/aromatic N) is 1. The fourth-order valence-corrected chi connectivity index (χ4v) is 2.78. The molecule has 0 aliphatic carbocycles. The minimum absolute atomic E-state index is 0.617. The van der Waals surface area contributed by atoms with Crippen molar-refractivity contribution in [2.24, 2.45) is 0 Å². The van der Waals surface area contributed by atoms with Crippen LogP contribution in [0.5, 0.6) is 11.5 Å². The van der Waals surface area contributed by atoms with E-state index in [9.17, 15) is 0 Å². The molecule has 22 heavy (non-hydrogen) atoms. The lowest BCUT2D eigenvalue weighted by Gasteiger charge is -2.08. The highest BCUT2D eigenvalue weighted by atomic mass is 32.1. The molecule has 0 radical (unpaired) electrons. The summed E-state index contributed by atoms with van der Waals surface area (Å²) in [6.45, 7) is 0.617. The highest BCUT2D eigenvalue weighted by Crippen LogP contribution is 2.33. The maximum Gasteiger partial charge on any atom is 0.183 e. The summed E-state index contributed by atoms with van der Waals surface area (Å²) in [4.78, 5) is 4.58. The standard InChI is InChI=1S/C16H16N2O3S/c1-19-14-6-5-11(8-15(14)20-2)13-10-22-16(18-13)17-9-12-4-3-7-21-12/h3-8,10H,9H2,1-2H3,(H,17,18). The quantitative estimate of drug-likeness (QED) is 0.744. The molecule has 0 fully saturated rings. The Balaban J connectivity index is 1.75. The van der Waals surface area contributed by atoms with Gasteiger partial charge >= 0.3 is 0 Å². The van der Waals surface area contributed by atoms with Crippen LogP contribution in [0, 0.1) is 0 Å². The molecule has 0 aliphatic heterocycles. The highest BCUT2D eigenvalue weighted by Gasteiger charge is 2.09. The van der Waals surface area contributed by atoms with E-state index >= 15 is 0 Å². The smallest absolute Gasteiger partial charge is 0.183 e. The Kier molecular flexibility index (Phi) is 4.29. The first-order chi connectivity index (χ1) is 10.8. The molecular weight excluding hydrogens is 300 g/mol. The number of ether oxygens (including phenoxy) is 2. The van der Waals surface area contributed by atoms with Crippen LogP contribution < -0.4 is 14.8 Å². The van der Waals surface area contributed by atoms with E-state index < -0.39 is 0 Å². The lowest BCUT2D eigenvalue weighted by atomic mass is 10.1. The summed E-state index contributed by atoms with van der Waals surface area (Å²) in [5.74, 6) is 2.28. The zero-order chi connectivity index (χ0) is 15.4. The second kappa shape index (κ2) is 6.53. The molecule has 1 N–H and O–H groups in total. The van der Waals surface area contributed by atoms with Gasteiger partial charge in [0, 0.05) is 10.9 Å². The molecule has 5 nitrogen and oxygen atoms in total. The van der Waals surface area contributed by atoms with Crippen molar-refractivity contribution < 1.29 is 13.9 Å². The van der Waals surface area contributed by atoms with Crippen LogP contribution in [0.1, 0.15) is 5.76 Å². The third kappa shape index (κ3) is 3.07. The molecule has 6 heteroatoms. The van der Waals surface area contributed by atoms with Crippen LogP contribution in [0.4, 0.5) is 5.13 Å². The molecule has 0 amide bonds. The molecule has 0 spiro atoms. The lowest BCUT2D eigenvalue weighted by molar-refractivity contribution is 0.355. The Morgan fingerprint density at radius 1 is 1.18 bits per heavy atom. The van der Waals surface area contributed by atoms with Crippen LogP contribution in [0.2, 0.25) is 0 Å². The van der Waals surface area contributed by atoms with E-state index in [0.717, 1.165) is 22.1 Å². The van der Waals surface area contributed by atoms with E-state index in [1.54, 1.807) is 31.8 Å². The van der Waals surface area contributed by atoms with Crippen molar-refractivity contribution in [1.82, 2.24) is 4.98 Å². The number of hydrogen-bond donors (Lipinski definition) is 1. The van der Waals surface area contributed by atoms with E-state index in [1.807, 2.05) is 35.7 Å². The van der Waals surface area contributed by atoms with Crippen molar-refractivity contribution >= 4 is 16.5 Å². The predicted molar refractivity (Wildman–Crippen MR) is 86.7 cm³/mol. The number of rotatable bonds is 6. The van der Waals surface area contributed by atoms with Crippen molar-refractivity contribution in [1.29, 1.82) is 0 Å². The predicted octanol–water partition coefficient (Wildman–Crippen LogP) is 4.03. The van der Waals surface area contributed by atoms with Crippen molar-refractivity contribution in [3.8, 4) is 22.8 Å². The van der Waals surface area contributed by atoms with Crippen LogP contribution in [0.3, 0.4) is 0 Å². The maximum atomic E-state index is 5.32. The molecule has 2 heterocycles. The van der Waals surface area contributed by atoms with Crippen LogP contribution in [0.15, 0.2) is 46.4 Å². The van der Waals surface area contributed by atoms with Crippen molar-refractivity contribution in [2.45, 2.75) is 6.54 Å². The fourth-order valence-electron chi connectivity index (χ4n) is 2.06. The number of methoxy groups -OCH3 is 2. The molecule has 114 valence electrons. The lowest BCUT2D eigenvalue weighted by Crippen LogP contribution is -1.97. The van der Waals surface area contributed by atoms with Gasteiger partial charge in [0.05, 0.1) is 32.7 Å². The summed E-state index contributed by atoms with van der Waals surface area (Å²) in [6.07, 6.45) is 1.66. The zero-order valence-electron chi connectivity index (χ0n) is 12.3. The second-order valence-corrected chi connectivity index (χ2v) is 5.40. The van der Waals surface area contributed by atoms with Gasteiger partial charge in [0.25, 0.3) is 0 Å². The third-order valence-electron chi connectivity index (χ3n) is 3.18. The van der Waals surface area contributed by atoms with Crippen LogP contribution in [0.25, 0.3) is 11.3 Å². The van der Waals surface area contributed by atoms with E-state index in [4.69, 9.17) is 13.9 Å². The van der Waals surface area contributed by atoms with Crippen LogP contribution in [-0.4, -0.2) is 19.2 Å². The molecule has 3 rings (SSSR count). The average Bonchev–Trinajstić information content (AvgIpc) is 3.23. The Bertz CT molecular complexity index is 738. The van der Waals surface area contributed by atoms with Gasteiger partial charge in [-0.3, -0.25) is 0 Å². The number of furan rings is 1. The van der Waals surface area contributed by atoms with Gasteiger partial charge in [0.15, 0.2) is 16.6 Å². The highest BCUT2D eigenvalue weighted by molar-refractivity contribution is 7.14. The van der Waals surface area contributed by atoms with E-state index in [2.05, 4.69) is 10.3 Å². The van der Waals surface area contributed by atoms with E-state index in [1.165, 1.54) is 0 Å². The Labute approximate surface area is 132 Å². The monoisotopic (exact) mass is 316 g/mol. The minimum atomic E-state index is 0.617. The largest absolute Gasteiger partial charge is 0.493 e. The number of aromatic nitrogens is 1. The van der Waals surface area contributed by atoms with Gasteiger partial charge in [-0.25, -0.2) is 4.98 Å². The molecular formula is C16H16N2O3S. The molecule has 0 atom stereocenters. The van der Waals surface area contributed by atoms with Crippen LogP contribution in [-0.2, 0) is 6.54 Å². The second-order valence-electron chi connectivity index (χ2n) is 4.54. The van der Waals surface area contributed by atoms with Crippen molar-refractivity contribution in [3.63, 3.8) is 0 Å². The first-order valence-electron chi connectivity index (χ1n) is 6.74.